The van der Waals surface area contributed by atoms with Crippen molar-refractivity contribution < 1.29 is 19.4 Å². The first kappa shape index (κ1) is 14.9. The molecule has 1 saturated carbocycles. The van der Waals surface area contributed by atoms with Crippen molar-refractivity contribution in [2.24, 2.45) is 0 Å². The number of benzene rings is 1. The number of fused-ring (bicyclic) bond motifs is 1. The second-order valence-electron chi connectivity index (χ2n) is 6.73. The fourth-order valence-electron chi connectivity index (χ4n) is 3.39. The molecule has 1 aliphatic heterocycles. The summed E-state index contributed by atoms with van der Waals surface area (Å²) < 4.78 is 5.71. The van der Waals surface area contributed by atoms with E-state index in [1.165, 1.54) is 0 Å². The van der Waals surface area contributed by atoms with E-state index in [0.717, 1.165) is 24.8 Å². The molecule has 1 heterocycles. The van der Waals surface area contributed by atoms with E-state index in [9.17, 15) is 14.7 Å². The van der Waals surface area contributed by atoms with Crippen molar-refractivity contribution in [1.29, 1.82) is 0 Å². The van der Waals surface area contributed by atoms with Crippen LogP contribution in [-0.2, 0) is 15.0 Å². The predicted molar refractivity (Wildman–Crippen MR) is 82.2 cm³/mol. The molecule has 0 saturated heterocycles. The Hall–Kier alpha value is -2.04. The number of nitrogens with one attached hydrogen (secondary N) is 1. The van der Waals surface area contributed by atoms with E-state index in [-0.39, 0.29) is 5.91 Å². The summed E-state index contributed by atoms with van der Waals surface area (Å²) in [6.07, 6.45) is 4.19. The van der Waals surface area contributed by atoms with Gasteiger partial charge in [-0.05, 0) is 44.4 Å². The minimum absolute atomic E-state index is 0.217. The third-order valence-electron chi connectivity index (χ3n) is 4.81. The molecular weight excluding hydrogens is 282 g/mol. The number of carbonyl (C=O) groups is 2. The first-order valence-corrected chi connectivity index (χ1v) is 7.74. The number of carboxylic acid groups (broad SMARTS) is 1. The summed E-state index contributed by atoms with van der Waals surface area (Å²) in [6, 6.07) is 5.36. The largest absolute Gasteiger partial charge is 0.481 e. The summed E-state index contributed by atoms with van der Waals surface area (Å²) in [4.78, 5) is 23.9. The Labute approximate surface area is 129 Å². The molecule has 3 rings (SSSR count). The average Bonchev–Trinajstić information content (AvgIpc) is 2.48. The van der Waals surface area contributed by atoms with Crippen molar-refractivity contribution in [3.63, 3.8) is 0 Å². The number of anilines is 1. The van der Waals surface area contributed by atoms with E-state index in [0.29, 0.717) is 24.3 Å². The van der Waals surface area contributed by atoms with E-state index >= 15 is 0 Å². The maximum absolute atomic E-state index is 12.0. The maximum atomic E-state index is 12.0. The molecule has 2 N–H and O–H groups in total. The zero-order valence-electron chi connectivity index (χ0n) is 12.9. The third-order valence-corrected chi connectivity index (χ3v) is 4.81. The second-order valence-corrected chi connectivity index (χ2v) is 6.73. The summed E-state index contributed by atoms with van der Waals surface area (Å²) in [7, 11) is 0. The summed E-state index contributed by atoms with van der Waals surface area (Å²) in [5.41, 5.74) is -0.440. The van der Waals surface area contributed by atoms with Crippen LogP contribution in [0.15, 0.2) is 18.2 Å². The SMILES string of the molecule is CC1(C)Oc2ccc(C3(C(=O)O)CCCCC3)cc2NC1=O. The molecule has 5 nitrogen and oxygen atoms in total. The van der Waals surface area contributed by atoms with Gasteiger partial charge in [-0.2, -0.15) is 0 Å². The quantitative estimate of drug-likeness (QED) is 0.880. The number of rotatable bonds is 2. The fourth-order valence-corrected chi connectivity index (χ4v) is 3.39. The molecule has 0 unspecified atom stereocenters. The first-order chi connectivity index (χ1) is 10.3. The number of hydrogen-bond acceptors (Lipinski definition) is 3. The Morgan fingerprint density at radius 1 is 1.23 bits per heavy atom. The van der Waals surface area contributed by atoms with Crippen molar-refractivity contribution in [2.45, 2.75) is 57.0 Å². The molecule has 22 heavy (non-hydrogen) atoms. The van der Waals surface area contributed by atoms with Crippen LogP contribution in [0.4, 0.5) is 5.69 Å². The zero-order chi connectivity index (χ0) is 16.0. The van der Waals surface area contributed by atoms with E-state index in [1.54, 1.807) is 26.0 Å². The van der Waals surface area contributed by atoms with Crippen LogP contribution in [0.5, 0.6) is 5.75 Å². The van der Waals surface area contributed by atoms with Gasteiger partial charge in [-0.15, -0.1) is 0 Å². The Morgan fingerprint density at radius 3 is 2.55 bits per heavy atom. The number of carboxylic acids is 1. The first-order valence-electron chi connectivity index (χ1n) is 7.74. The molecule has 0 bridgehead atoms. The highest BCUT2D eigenvalue weighted by Crippen LogP contribution is 2.43. The van der Waals surface area contributed by atoms with Crippen LogP contribution >= 0.6 is 0 Å². The lowest BCUT2D eigenvalue weighted by atomic mass is 9.69. The van der Waals surface area contributed by atoms with Gasteiger partial charge in [-0.3, -0.25) is 9.59 Å². The van der Waals surface area contributed by atoms with E-state index in [1.807, 2.05) is 6.07 Å². The Bertz CT molecular complexity index is 630. The van der Waals surface area contributed by atoms with Crippen molar-refractivity contribution >= 4 is 17.6 Å². The number of hydrogen-bond donors (Lipinski definition) is 2. The smallest absolute Gasteiger partial charge is 0.314 e. The molecule has 0 aromatic heterocycles. The lowest BCUT2D eigenvalue weighted by molar-refractivity contribution is -0.145. The van der Waals surface area contributed by atoms with Crippen molar-refractivity contribution in [2.75, 3.05) is 5.32 Å². The maximum Gasteiger partial charge on any atom is 0.314 e. The van der Waals surface area contributed by atoms with Gasteiger partial charge in [-0.1, -0.05) is 25.3 Å². The summed E-state index contributed by atoms with van der Waals surface area (Å²) in [5.74, 6) is -0.412. The molecule has 1 amide bonds. The van der Waals surface area contributed by atoms with Gasteiger partial charge in [0.25, 0.3) is 5.91 Å². The van der Waals surface area contributed by atoms with Crippen LogP contribution in [0.25, 0.3) is 0 Å². The lowest BCUT2D eigenvalue weighted by Crippen LogP contribution is -2.46. The molecule has 0 spiro atoms. The molecule has 1 fully saturated rings. The molecule has 118 valence electrons. The van der Waals surface area contributed by atoms with Gasteiger partial charge in [0, 0.05) is 0 Å². The Kier molecular flexibility index (Phi) is 3.38. The lowest BCUT2D eigenvalue weighted by Gasteiger charge is -2.36. The monoisotopic (exact) mass is 303 g/mol. The molecular formula is C17H21NO4. The van der Waals surface area contributed by atoms with Gasteiger partial charge in [0.15, 0.2) is 5.60 Å². The van der Waals surface area contributed by atoms with Crippen molar-refractivity contribution in [1.82, 2.24) is 0 Å². The highest BCUT2D eigenvalue weighted by molar-refractivity contribution is 6.00. The van der Waals surface area contributed by atoms with Gasteiger partial charge in [-0.25, -0.2) is 0 Å². The second kappa shape index (κ2) is 5.00. The van der Waals surface area contributed by atoms with Crippen LogP contribution < -0.4 is 10.1 Å². The van der Waals surface area contributed by atoms with Gasteiger partial charge >= 0.3 is 5.97 Å². The normalized spacial score (nSPS) is 22.2. The summed E-state index contributed by atoms with van der Waals surface area (Å²) in [6.45, 7) is 3.41. The number of carbonyl (C=O) groups excluding carboxylic acids is 1. The molecule has 2 aliphatic rings. The number of amides is 1. The van der Waals surface area contributed by atoms with E-state index in [4.69, 9.17) is 4.74 Å². The molecule has 0 radical (unpaired) electrons. The standard InChI is InChI=1S/C17H21NO4/c1-16(2)14(19)18-12-10-11(6-7-13(12)22-16)17(15(20)21)8-4-3-5-9-17/h6-7,10H,3-5,8-9H2,1-2H3,(H,18,19)(H,20,21). The summed E-state index contributed by atoms with van der Waals surface area (Å²) >= 11 is 0. The summed E-state index contributed by atoms with van der Waals surface area (Å²) in [5, 5.41) is 12.6. The topological polar surface area (TPSA) is 75.6 Å². The molecule has 1 aromatic rings. The van der Waals surface area contributed by atoms with Crippen LogP contribution in [-0.4, -0.2) is 22.6 Å². The van der Waals surface area contributed by atoms with Gasteiger partial charge in [0.2, 0.25) is 0 Å². The van der Waals surface area contributed by atoms with Gasteiger partial charge in [0.1, 0.15) is 5.75 Å². The number of aliphatic carboxylic acids is 1. The van der Waals surface area contributed by atoms with E-state index < -0.39 is 17.0 Å². The fraction of sp³-hybridized carbons (Fsp3) is 0.529. The highest BCUT2D eigenvalue weighted by atomic mass is 16.5. The third kappa shape index (κ3) is 2.25. The minimum Gasteiger partial charge on any atom is -0.481 e. The Balaban J connectivity index is 2.02. The Morgan fingerprint density at radius 2 is 1.91 bits per heavy atom. The van der Waals surface area contributed by atoms with Crippen molar-refractivity contribution in [3.05, 3.63) is 23.8 Å². The van der Waals surface area contributed by atoms with Crippen LogP contribution in [0, 0.1) is 0 Å². The van der Waals surface area contributed by atoms with Crippen LogP contribution in [0.2, 0.25) is 0 Å². The highest BCUT2D eigenvalue weighted by Gasteiger charge is 2.42. The van der Waals surface area contributed by atoms with Crippen molar-refractivity contribution in [3.8, 4) is 5.75 Å². The van der Waals surface area contributed by atoms with Gasteiger partial charge < -0.3 is 15.2 Å². The minimum atomic E-state index is -0.913. The predicted octanol–water partition coefficient (Wildman–Crippen LogP) is 3.08. The van der Waals surface area contributed by atoms with Crippen LogP contribution in [0.3, 0.4) is 0 Å². The molecule has 0 atom stereocenters. The average molecular weight is 303 g/mol. The molecule has 1 aromatic carbocycles. The molecule has 1 aliphatic carbocycles. The zero-order valence-corrected chi connectivity index (χ0v) is 12.9. The molecule has 5 heteroatoms. The van der Waals surface area contributed by atoms with Crippen LogP contribution in [0.1, 0.15) is 51.5 Å². The number of ether oxygens (including phenoxy) is 1. The van der Waals surface area contributed by atoms with E-state index in [2.05, 4.69) is 5.32 Å². The van der Waals surface area contributed by atoms with Gasteiger partial charge in [0.05, 0.1) is 11.1 Å².